The van der Waals surface area contributed by atoms with Crippen LogP contribution < -0.4 is 9.04 Å². The molecule has 0 radical (unpaired) electrons. The summed E-state index contributed by atoms with van der Waals surface area (Å²) in [6.45, 7) is 8.23. The molecule has 186 valence electrons. The molecule has 2 fully saturated rings. The average molecular weight is 507 g/mol. The van der Waals surface area contributed by atoms with Crippen molar-refractivity contribution in [3.05, 3.63) is 48.0 Å². The largest absolute Gasteiger partial charge is 0.492 e. The lowest BCUT2D eigenvalue weighted by molar-refractivity contribution is 0.136. The molecule has 1 aliphatic carbocycles. The molecule has 0 spiro atoms. The highest BCUT2D eigenvalue weighted by atomic mass is 32.2. The zero-order valence-electron chi connectivity index (χ0n) is 20.2. The molecule has 4 rings (SSSR count). The van der Waals surface area contributed by atoms with E-state index in [2.05, 4.69) is 6.92 Å². The Balaban J connectivity index is 1.65. The van der Waals surface area contributed by atoms with E-state index in [-0.39, 0.29) is 15.7 Å². The summed E-state index contributed by atoms with van der Waals surface area (Å²) in [7, 11) is -7.16. The summed E-state index contributed by atoms with van der Waals surface area (Å²) in [4.78, 5) is 0.120. The fourth-order valence-corrected chi connectivity index (χ4v) is 7.16. The third kappa shape index (κ3) is 5.11. The summed E-state index contributed by atoms with van der Waals surface area (Å²) in [6, 6.07) is 11.9. The Bertz CT molecular complexity index is 1230. The topological polar surface area (TPSA) is 96.8 Å². The van der Waals surface area contributed by atoms with E-state index in [0.29, 0.717) is 42.3 Å². The van der Waals surface area contributed by atoms with Crippen molar-refractivity contribution in [3.8, 4) is 5.75 Å². The normalized spacial score (nSPS) is 23.4. The van der Waals surface area contributed by atoms with Gasteiger partial charge in [-0.2, -0.15) is 0 Å². The Morgan fingerprint density at radius 3 is 2.29 bits per heavy atom. The van der Waals surface area contributed by atoms with Crippen LogP contribution in [0, 0.1) is 28.5 Å². The summed E-state index contributed by atoms with van der Waals surface area (Å²) in [6.07, 6.45) is 2.16. The van der Waals surface area contributed by atoms with E-state index >= 15 is 0 Å². The lowest BCUT2D eigenvalue weighted by Crippen LogP contribution is -2.34. The molecule has 1 saturated heterocycles. The number of benzene rings is 2. The van der Waals surface area contributed by atoms with Gasteiger partial charge < -0.3 is 9.47 Å². The second-order valence-electron chi connectivity index (χ2n) is 9.74. The molecule has 0 aromatic heterocycles. The molecule has 2 aromatic rings. The minimum Gasteiger partial charge on any atom is -0.492 e. The quantitative estimate of drug-likeness (QED) is 0.515. The summed E-state index contributed by atoms with van der Waals surface area (Å²) in [5.41, 5.74) is 1.71. The van der Waals surface area contributed by atoms with Crippen LogP contribution in [-0.4, -0.2) is 45.2 Å². The number of hydrogen-bond donors (Lipinski definition) is 1. The van der Waals surface area contributed by atoms with Gasteiger partial charge in [0.2, 0.25) is 0 Å². The van der Waals surface area contributed by atoms with Crippen molar-refractivity contribution in [2.24, 2.45) is 23.7 Å². The van der Waals surface area contributed by atoms with E-state index in [0.717, 1.165) is 25.2 Å². The number of fused-ring (bicyclic) bond motifs is 1. The zero-order chi connectivity index (χ0) is 24.7. The fourth-order valence-electron chi connectivity index (χ4n) is 4.56. The van der Waals surface area contributed by atoms with Crippen LogP contribution in [0.2, 0.25) is 0 Å². The number of sulfonamides is 1. The third-order valence-electron chi connectivity index (χ3n) is 6.65. The van der Waals surface area contributed by atoms with E-state index in [1.807, 2.05) is 38.1 Å². The van der Waals surface area contributed by atoms with Crippen molar-refractivity contribution in [2.75, 3.05) is 36.9 Å². The molecule has 9 heteroatoms. The minimum atomic E-state index is -3.95. The Labute approximate surface area is 203 Å². The summed E-state index contributed by atoms with van der Waals surface area (Å²) in [5.74, 6) is 1.82. The molecule has 1 heterocycles. The van der Waals surface area contributed by atoms with Gasteiger partial charge in [0.05, 0.1) is 45.0 Å². The Hall–Kier alpha value is -2.10. The van der Waals surface area contributed by atoms with Gasteiger partial charge in [-0.3, -0.25) is 4.31 Å². The van der Waals surface area contributed by atoms with E-state index < -0.39 is 19.8 Å². The molecule has 1 N–H and O–H groups in total. The van der Waals surface area contributed by atoms with Crippen molar-refractivity contribution in [3.63, 3.8) is 0 Å². The van der Waals surface area contributed by atoms with Crippen LogP contribution in [0.1, 0.15) is 26.3 Å². The lowest BCUT2D eigenvalue weighted by atomic mass is 10.1. The number of rotatable bonds is 10. The predicted octanol–water partition coefficient (Wildman–Crippen LogP) is 4.41. The third-order valence-corrected chi connectivity index (χ3v) is 9.60. The van der Waals surface area contributed by atoms with Gasteiger partial charge in [0, 0.05) is 18.7 Å². The molecule has 0 amide bonds. The van der Waals surface area contributed by atoms with Crippen molar-refractivity contribution in [1.29, 1.82) is 4.78 Å². The van der Waals surface area contributed by atoms with Crippen LogP contribution in [0.25, 0.3) is 0 Å². The zero-order valence-corrected chi connectivity index (χ0v) is 21.8. The van der Waals surface area contributed by atoms with Crippen molar-refractivity contribution >= 4 is 25.4 Å². The first-order valence-electron chi connectivity index (χ1n) is 11.7. The Morgan fingerprint density at radius 1 is 1.09 bits per heavy atom. The van der Waals surface area contributed by atoms with E-state index in [4.69, 9.17) is 14.3 Å². The van der Waals surface area contributed by atoms with Gasteiger partial charge >= 0.3 is 0 Å². The Morgan fingerprint density at radius 2 is 1.74 bits per heavy atom. The number of anilines is 1. The molecule has 0 bridgehead atoms. The van der Waals surface area contributed by atoms with Crippen LogP contribution in [-0.2, 0) is 30.9 Å². The lowest BCUT2D eigenvalue weighted by Gasteiger charge is -2.27. The number of hydrogen-bond acceptors (Lipinski definition) is 6. The smallest absolute Gasteiger partial charge is 0.264 e. The van der Waals surface area contributed by atoms with Crippen LogP contribution in [0.15, 0.2) is 52.3 Å². The molecule has 1 saturated carbocycles. The van der Waals surface area contributed by atoms with Crippen LogP contribution in [0.4, 0.5) is 5.69 Å². The molecule has 2 aliphatic rings. The first-order valence-corrected chi connectivity index (χ1v) is 15.1. The Kier molecular flexibility index (Phi) is 6.99. The summed E-state index contributed by atoms with van der Waals surface area (Å²) < 4.78 is 61.2. The highest BCUT2D eigenvalue weighted by Gasteiger charge is 2.54. The van der Waals surface area contributed by atoms with Crippen molar-refractivity contribution < 1.29 is 22.1 Å². The molecule has 3 unspecified atom stereocenters. The van der Waals surface area contributed by atoms with Crippen LogP contribution >= 0.6 is 0 Å². The maximum atomic E-state index is 13.7. The second kappa shape index (κ2) is 9.51. The molecule has 1 aliphatic heterocycles. The SMILES string of the molecule is CCc1ccc(N(CC(C)C)S(=O)(=O)c2ccc(OCC3C4COCC43)c(S(C)(=N)=O)c2)cc1. The maximum Gasteiger partial charge on any atom is 0.264 e. The standard InChI is InChI=1S/C25H34N2O5S2/c1-5-18-6-8-19(9-7-18)27(13-17(2)3)34(29,30)20-10-11-24(25(12-20)33(4,26)28)32-16-23-21-14-31-15-22(21)23/h6-12,17,21-23,26H,5,13-16H2,1-4H3. The molecule has 2 aromatic carbocycles. The molecular weight excluding hydrogens is 472 g/mol. The highest BCUT2D eigenvalue weighted by molar-refractivity contribution is 7.93. The van der Waals surface area contributed by atoms with E-state index in [9.17, 15) is 12.6 Å². The number of nitrogens with one attached hydrogen (secondary N) is 1. The van der Waals surface area contributed by atoms with E-state index in [1.165, 1.54) is 22.7 Å². The van der Waals surface area contributed by atoms with Gasteiger partial charge in [0.25, 0.3) is 10.0 Å². The van der Waals surface area contributed by atoms with Crippen molar-refractivity contribution in [2.45, 2.75) is 37.0 Å². The maximum absolute atomic E-state index is 13.7. The summed E-state index contributed by atoms with van der Waals surface area (Å²) in [5, 5.41) is 0. The predicted molar refractivity (Wildman–Crippen MR) is 133 cm³/mol. The number of nitrogens with zero attached hydrogens (tertiary/aromatic N) is 1. The molecular formula is C25H34N2O5S2. The first kappa shape index (κ1) is 25.0. The molecule has 7 nitrogen and oxygen atoms in total. The van der Waals surface area contributed by atoms with Gasteiger partial charge in [0.1, 0.15) is 5.75 Å². The van der Waals surface area contributed by atoms with Gasteiger partial charge in [-0.15, -0.1) is 0 Å². The van der Waals surface area contributed by atoms with E-state index in [1.54, 1.807) is 6.07 Å². The van der Waals surface area contributed by atoms with Crippen molar-refractivity contribution in [1.82, 2.24) is 0 Å². The van der Waals surface area contributed by atoms with Gasteiger partial charge in [-0.1, -0.05) is 32.9 Å². The van der Waals surface area contributed by atoms with Gasteiger partial charge in [-0.05, 0) is 60.1 Å². The monoisotopic (exact) mass is 506 g/mol. The molecule has 3 atom stereocenters. The second-order valence-corrected chi connectivity index (χ2v) is 13.7. The molecule has 34 heavy (non-hydrogen) atoms. The first-order chi connectivity index (χ1) is 16.0. The number of ether oxygens (including phenoxy) is 2. The number of aryl methyl sites for hydroxylation is 1. The fraction of sp³-hybridized carbons (Fsp3) is 0.520. The van der Waals surface area contributed by atoms with Crippen LogP contribution in [0.5, 0.6) is 5.75 Å². The average Bonchev–Trinajstić information content (AvgIpc) is 3.21. The minimum absolute atomic E-state index is 0.00795. The van der Waals surface area contributed by atoms with Crippen LogP contribution in [0.3, 0.4) is 0 Å². The van der Waals surface area contributed by atoms with Gasteiger partial charge in [0.15, 0.2) is 0 Å². The van der Waals surface area contributed by atoms with Gasteiger partial charge in [-0.25, -0.2) is 17.4 Å². The summed E-state index contributed by atoms with van der Waals surface area (Å²) >= 11 is 0. The highest BCUT2D eigenvalue weighted by Crippen LogP contribution is 2.50.